The Balaban J connectivity index is 0.00000240. The highest BCUT2D eigenvalue weighted by atomic mass is 79.9. The number of hydrogen-bond donors (Lipinski definition) is 0. The first-order valence-corrected chi connectivity index (χ1v) is 11.3. The third-order valence-electron chi connectivity index (χ3n) is 5.17. The highest BCUT2D eigenvalue weighted by molar-refractivity contribution is 7.79. The molecule has 29 heavy (non-hydrogen) atoms. The van der Waals surface area contributed by atoms with Crippen LogP contribution in [0.4, 0.5) is 0 Å². The van der Waals surface area contributed by atoms with Crippen molar-refractivity contribution in [1.82, 2.24) is 0 Å². The molecule has 0 aliphatic carbocycles. The molecule has 4 aromatic carbocycles. The summed E-state index contributed by atoms with van der Waals surface area (Å²) < 4.78 is 0. The van der Waals surface area contributed by atoms with Crippen LogP contribution in [0, 0.1) is 0 Å². The minimum Gasteiger partial charge on any atom is -1.00 e. The number of benzene rings is 4. The summed E-state index contributed by atoms with van der Waals surface area (Å²) in [4.78, 5) is 0. The van der Waals surface area contributed by atoms with Crippen LogP contribution in [0.25, 0.3) is 0 Å². The molecule has 0 bridgehead atoms. The van der Waals surface area contributed by atoms with Gasteiger partial charge >= 0.3 is 0 Å². The molecule has 0 aromatic heterocycles. The predicted octanol–water partition coefficient (Wildman–Crippen LogP) is 2.99. The largest absolute Gasteiger partial charge is 1.00 e. The van der Waals surface area contributed by atoms with Gasteiger partial charge in [0.1, 0.15) is 0 Å². The molecule has 0 aliphatic rings. The van der Waals surface area contributed by atoms with Gasteiger partial charge in [0.15, 0.2) is 0 Å². The summed E-state index contributed by atoms with van der Waals surface area (Å²) in [5.74, 6) is 0.435. The van der Waals surface area contributed by atoms with E-state index >= 15 is 0 Å². The lowest BCUT2D eigenvalue weighted by Crippen LogP contribution is -3.00. The van der Waals surface area contributed by atoms with E-state index in [2.05, 4.69) is 122 Å². The van der Waals surface area contributed by atoms with Crippen LogP contribution in [0.1, 0.15) is 30.4 Å². The second kappa shape index (κ2) is 10.5. The fourth-order valence-electron chi connectivity index (χ4n) is 3.83. The van der Waals surface area contributed by atoms with Gasteiger partial charge in [-0.25, -0.2) is 0 Å². The Morgan fingerprint density at radius 2 is 1.00 bits per heavy atom. The average molecular weight is 460 g/mol. The molecule has 0 radical (unpaired) electrons. The standard InChI is InChI=1S/C27H25P.BrH/c1-2-27(22-13-6-3-7-14-22)23-15-12-20-26(21-23)28(24-16-8-4-9-17-24)25-18-10-5-11-19-25;/h3-21,27H,2H2,1H3;1H/p-1. The van der Waals surface area contributed by atoms with Crippen LogP contribution in [0.3, 0.4) is 0 Å². The Morgan fingerprint density at radius 1 is 0.552 bits per heavy atom. The van der Waals surface area contributed by atoms with Crippen LogP contribution in [-0.2, 0) is 0 Å². The molecule has 0 N–H and O–H groups in total. The quantitative estimate of drug-likeness (QED) is 0.389. The summed E-state index contributed by atoms with van der Waals surface area (Å²) in [7, 11) is -0.561. The SMILES string of the molecule is CCC(c1ccccc1)c1cccc(P(c2ccccc2)c2ccccc2)c1.[Br-]. The molecule has 0 amide bonds. The summed E-state index contributed by atoms with van der Waals surface area (Å²) >= 11 is 0. The molecule has 0 aliphatic heterocycles. The van der Waals surface area contributed by atoms with Crippen molar-refractivity contribution in [2.45, 2.75) is 19.3 Å². The molecule has 4 rings (SSSR count). The van der Waals surface area contributed by atoms with E-state index in [1.807, 2.05) is 0 Å². The van der Waals surface area contributed by atoms with Crippen molar-refractivity contribution in [3.8, 4) is 0 Å². The summed E-state index contributed by atoms with van der Waals surface area (Å²) in [5.41, 5.74) is 2.80. The summed E-state index contributed by atoms with van der Waals surface area (Å²) in [6, 6.07) is 42.0. The molecule has 0 saturated heterocycles. The molecule has 1 unspecified atom stereocenters. The van der Waals surface area contributed by atoms with Crippen molar-refractivity contribution in [2.75, 3.05) is 0 Å². The van der Waals surface area contributed by atoms with E-state index in [9.17, 15) is 0 Å². The maximum atomic E-state index is 2.44. The number of halogens is 1. The Bertz CT molecular complexity index is 961. The van der Waals surface area contributed by atoms with Gasteiger partial charge in [-0.2, -0.15) is 0 Å². The zero-order valence-electron chi connectivity index (χ0n) is 16.6. The Kier molecular flexibility index (Phi) is 7.81. The van der Waals surface area contributed by atoms with E-state index in [0.29, 0.717) is 5.92 Å². The molecule has 0 nitrogen and oxygen atoms in total. The van der Waals surface area contributed by atoms with Gasteiger partial charge in [-0.1, -0.05) is 122 Å². The minimum absolute atomic E-state index is 0. The van der Waals surface area contributed by atoms with Gasteiger partial charge in [0, 0.05) is 5.92 Å². The lowest BCUT2D eigenvalue weighted by molar-refractivity contribution is -0.00000540. The molecule has 0 fully saturated rings. The van der Waals surface area contributed by atoms with Gasteiger partial charge < -0.3 is 17.0 Å². The molecule has 2 heteroatoms. The van der Waals surface area contributed by atoms with Crippen molar-refractivity contribution >= 4 is 23.8 Å². The van der Waals surface area contributed by atoms with Crippen LogP contribution in [0.15, 0.2) is 115 Å². The van der Waals surface area contributed by atoms with Crippen LogP contribution in [-0.4, -0.2) is 0 Å². The van der Waals surface area contributed by atoms with Crippen molar-refractivity contribution < 1.29 is 17.0 Å². The third kappa shape index (κ3) is 5.04. The van der Waals surface area contributed by atoms with Crippen molar-refractivity contribution in [3.63, 3.8) is 0 Å². The van der Waals surface area contributed by atoms with Crippen LogP contribution in [0.2, 0.25) is 0 Å². The van der Waals surface area contributed by atoms with Crippen molar-refractivity contribution in [2.24, 2.45) is 0 Å². The summed E-state index contributed by atoms with van der Waals surface area (Å²) in [6.07, 6.45) is 1.10. The number of rotatable bonds is 6. The smallest absolute Gasteiger partial charge is 0.00869 e. The monoisotopic (exact) mass is 459 g/mol. The molecule has 0 saturated carbocycles. The molecule has 0 heterocycles. The lowest BCUT2D eigenvalue weighted by atomic mass is 9.89. The van der Waals surface area contributed by atoms with Crippen LogP contribution >= 0.6 is 7.92 Å². The van der Waals surface area contributed by atoms with E-state index in [1.165, 1.54) is 27.0 Å². The molecular formula is C27H25BrP-. The third-order valence-corrected chi connectivity index (χ3v) is 7.59. The normalized spacial score (nSPS) is 11.7. The van der Waals surface area contributed by atoms with E-state index in [4.69, 9.17) is 0 Å². The zero-order chi connectivity index (χ0) is 19.2. The molecular weight excluding hydrogens is 435 g/mol. The fraction of sp³-hybridized carbons (Fsp3) is 0.111. The van der Waals surface area contributed by atoms with Gasteiger partial charge in [-0.15, -0.1) is 0 Å². The molecule has 0 spiro atoms. The molecule has 146 valence electrons. The second-order valence-electron chi connectivity index (χ2n) is 6.97. The molecule has 4 aromatic rings. The van der Waals surface area contributed by atoms with E-state index in [-0.39, 0.29) is 17.0 Å². The first kappa shape index (κ1) is 21.5. The number of hydrogen-bond acceptors (Lipinski definition) is 0. The van der Waals surface area contributed by atoms with Crippen LogP contribution in [0.5, 0.6) is 0 Å². The highest BCUT2D eigenvalue weighted by Crippen LogP contribution is 2.35. The summed E-state index contributed by atoms with van der Waals surface area (Å²) in [6.45, 7) is 2.28. The predicted molar refractivity (Wildman–Crippen MR) is 124 cm³/mol. The van der Waals surface area contributed by atoms with Crippen LogP contribution < -0.4 is 32.9 Å². The second-order valence-corrected chi connectivity index (χ2v) is 9.19. The molecule has 1 atom stereocenters. The fourth-order valence-corrected chi connectivity index (χ4v) is 6.18. The van der Waals surface area contributed by atoms with Gasteiger partial charge in [0.25, 0.3) is 0 Å². The topological polar surface area (TPSA) is 0 Å². The first-order valence-electron chi connectivity index (χ1n) is 9.92. The maximum absolute atomic E-state index is 2.44. The van der Waals surface area contributed by atoms with Gasteiger partial charge in [-0.3, -0.25) is 0 Å². The Morgan fingerprint density at radius 3 is 1.52 bits per heavy atom. The Hall–Kier alpha value is -2.21. The highest BCUT2D eigenvalue weighted by Gasteiger charge is 2.18. The zero-order valence-corrected chi connectivity index (χ0v) is 19.1. The van der Waals surface area contributed by atoms with Gasteiger partial charge in [-0.05, 0) is 41.4 Å². The van der Waals surface area contributed by atoms with E-state index in [0.717, 1.165) is 6.42 Å². The van der Waals surface area contributed by atoms with Crippen molar-refractivity contribution in [1.29, 1.82) is 0 Å². The van der Waals surface area contributed by atoms with Gasteiger partial charge in [0.2, 0.25) is 0 Å². The summed E-state index contributed by atoms with van der Waals surface area (Å²) in [5, 5.41) is 4.21. The first-order chi connectivity index (χ1) is 13.9. The Labute approximate surface area is 186 Å². The maximum Gasteiger partial charge on any atom is 0.00869 e. The van der Waals surface area contributed by atoms with E-state index < -0.39 is 7.92 Å². The average Bonchev–Trinajstić information content (AvgIpc) is 2.77. The van der Waals surface area contributed by atoms with E-state index in [1.54, 1.807) is 0 Å². The lowest BCUT2D eigenvalue weighted by Gasteiger charge is -2.22. The van der Waals surface area contributed by atoms with Crippen molar-refractivity contribution in [3.05, 3.63) is 126 Å². The van der Waals surface area contributed by atoms with Gasteiger partial charge in [0.05, 0.1) is 0 Å². The minimum atomic E-state index is -0.561.